The number of aromatic nitrogens is 1. The maximum absolute atomic E-state index is 9.22. The first-order chi connectivity index (χ1) is 6.61. The summed E-state index contributed by atoms with van der Waals surface area (Å²) in [5, 5.41) is 1.19. The highest BCUT2D eigenvalue weighted by atomic mass is 16.1. The highest BCUT2D eigenvalue weighted by molar-refractivity contribution is 5.79. The van der Waals surface area contributed by atoms with Gasteiger partial charge in [0.1, 0.15) is 0 Å². The Labute approximate surface area is 82.1 Å². The van der Waals surface area contributed by atoms with Crippen molar-refractivity contribution in [1.29, 1.82) is 0 Å². The molecule has 1 heterocycles. The zero-order chi connectivity index (χ0) is 10.6. The van der Waals surface area contributed by atoms with E-state index in [1.807, 2.05) is 36.5 Å². The minimum absolute atomic E-state index is 0.333. The normalized spacial score (nSPS) is 9.21. The smallest absolute Gasteiger partial charge is 0.214 e. The molecule has 1 amide bonds. The SMILES string of the molecule is CC(N)=O.Nn1ccc2ccccc21. The fourth-order valence-electron chi connectivity index (χ4n) is 1.10. The lowest BCUT2D eigenvalue weighted by atomic mass is 10.3. The van der Waals surface area contributed by atoms with Gasteiger partial charge >= 0.3 is 0 Å². The van der Waals surface area contributed by atoms with Crippen molar-refractivity contribution in [2.75, 3.05) is 5.84 Å². The molecule has 14 heavy (non-hydrogen) atoms. The lowest BCUT2D eigenvalue weighted by Crippen LogP contribution is -2.04. The molecule has 0 saturated carbocycles. The summed E-state index contributed by atoms with van der Waals surface area (Å²) >= 11 is 0. The second kappa shape index (κ2) is 4.32. The molecule has 0 radical (unpaired) electrons. The van der Waals surface area contributed by atoms with Gasteiger partial charge in [-0.3, -0.25) is 9.47 Å². The molecule has 2 rings (SSSR count). The molecule has 1 aromatic carbocycles. The van der Waals surface area contributed by atoms with Crippen molar-refractivity contribution in [3.05, 3.63) is 36.5 Å². The Bertz CT molecular complexity index is 430. The minimum Gasteiger partial charge on any atom is -0.370 e. The predicted molar refractivity (Wildman–Crippen MR) is 57.0 cm³/mol. The third-order valence-electron chi connectivity index (χ3n) is 1.63. The van der Waals surface area contributed by atoms with Gasteiger partial charge in [0.2, 0.25) is 5.91 Å². The standard InChI is InChI=1S/C8H8N2.C2H5NO/c9-10-6-5-7-3-1-2-4-8(7)10;1-2(3)4/h1-6H,9H2;1H3,(H2,3,4). The van der Waals surface area contributed by atoms with Crippen molar-refractivity contribution >= 4 is 16.8 Å². The van der Waals surface area contributed by atoms with E-state index in [1.165, 1.54) is 12.3 Å². The van der Waals surface area contributed by atoms with Gasteiger partial charge in [-0.2, -0.15) is 0 Å². The van der Waals surface area contributed by atoms with Crippen LogP contribution in [0.1, 0.15) is 6.92 Å². The first kappa shape index (κ1) is 10.1. The molecule has 74 valence electrons. The Morgan fingerprint density at radius 2 is 1.86 bits per heavy atom. The number of amides is 1. The molecule has 0 aliphatic rings. The lowest BCUT2D eigenvalue weighted by molar-refractivity contribution is -0.115. The van der Waals surface area contributed by atoms with E-state index in [0.717, 1.165) is 5.52 Å². The van der Waals surface area contributed by atoms with Gasteiger partial charge in [-0.25, -0.2) is 0 Å². The van der Waals surface area contributed by atoms with Crippen molar-refractivity contribution in [1.82, 2.24) is 4.68 Å². The molecule has 2 aromatic rings. The molecule has 0 atom stereocenters. The molecule has 0 aliphatic carbocycles. The number of hydrogen-bond acceptors (Lipinski definition) is 2. The number of rotatable bonds is 0. The van der Waals surface area contributed by atoms with Crippen LogP contribution < -0.4 is 11.6 Å². The van der Waals surface area contributed by atoms with Gasteiger partial charge in [-0.15, -0.1) is 0 Å². The molecule has 4 nitrogen and oxygen atoms in total. The molecule has 0 spiro atoms. The van der Waals surface area contributed by atoms with Crippen LogP contribution in [0.2, 0.25) is 0 Å². The minimum atomic E-state index is -0.333. The lowest BCUT2D eigenvalue weighted by Gasteiger charge is -1.92. The average Bonchev–Trinajstić information content (AvgIpc) is 2.48. The topological polar surface area (TPSA) is 74.0 Å². The number of nitrogens with zero attached hydrogens (tertiary/aromatic N) is 1. The van der Waals surface area contributed by atoms with Crippen LogP contribution in [0.3, 0.4) is 0 Å². The monoisotopic (exact) mass is 191 g/mol. The van der Waals surface area contributed by atoms with Crippen molar-refractivity contribution < 1.29 is 4.79 Å². The van der Waals surface area contributed by atoms with Gasteiger partial charge in [0, 0.05) is 18.5 Å². The number of hydrogen-bond donors (Lipinski definition) is 2. The third kappa shape index (κ3) is 2.52. The summed E-state index contributed by atoms with van der Waals surface area (Å²) in [7, 11) is 0. The first-order valence-corrected chi connectivity index (χ1v) is 4.18. The molecule has 0 bridgehead atoms. The number of fused-ring (bicyclic) bond motifs is 1. The van der Waals surface area contributed by atoms with Crippen LogP contribution in [0.25, 0.3) is 10.9 Å². The van der Waals surface area contributed by atoms with E-state index in [1.54, 1.807) is 4.68 Å². The summed E-state index contributed by atoms with van der Waals surface area (Å²) in [4.78, 5) is 9.22. The average molecular weight is 191 g/mol. The fourth-order valence-corrected chi connectivity index (χ4v) is 1.10. The molecule has 0 unspecified atom stereocenters. The van der Waals surface area contributed by atoms with Crippen LogP contribution in [0.4, 0.5) is 0 Å². The van der Waals surface area contributed by atoms with E-state index >= 15 is 0 Å². The highest BCUT2D eigenvalue weighted by Crippen LogP contribution is 2.11. The second-order valence-corrected chi connectivity index (χ2v) is 2.89. The van der Waals surface area contributed by atoms with Crippen LogP contribution in [-0.4, -0.2) is 10.6 Å². The molecular weight excluding hydrogens is 178 g/mol. The molecule has 0 saturated heterocycles. The number of carbonyl (C=O) groups excluding carboxylic acids is 1. The fraction of sp³-hybridized carbons (Fsp3) is 0.100. The number of primary amides is 1. The maximum Gasteiger partial charge on any atom is 0.214 e. The number of nitrogen functional groups attached to an aromatic ring is 1. The van der Waals surface area contributed by atoms with Crippen molar-refractivity contribution in [2.24, 2.45) is 5.73 Å². The van der Waals surface area contributed by atoms with Gasteiger partial charge in [-0.1, -0.05) is 18.2 Å². The predicted octanol–water partition coefficient (Wildman–Crippen LogP) is 0.847. The molecular formula is C10H13N3O. The van der Waals surface area contributed by atoms with Gasteiger partial charge < -0.3 is 11.6 Å². The Hall–Kier alpha value is -1.97. The maximum atomic E-state index is 9.22. The van der Waals surface area contributed by atoms with E-state index in [2.05, 4.69) is 5.73 Å². The van der Waals surface area contributed by atoms with Crippen LogP contribution in [0.5, 0.6) is 0 Å². The summed E-state index contributed by atoms with van der Waals surface area (Å²) in [5.74, 6) is 5.26. The van der Waals surface area contributed by atoms with E-state index in [9.17, 15) is 4.79 Å². The van der Waals surface area contributed by atoms with Gasteiger partial charge in [0.15, 0.2) is 0 Å². The first-order valence-electron chi connectivity index (χ1n) is 4.18. The Morgan fingerprint density at radius 3 is 2.43 bits per heavy atom. The highest BCUT2D eigenvalue weighted by Gasteiger charge is 1.92. The Morgan fingerprint density at radius 1 is 1.29 bits per heavy atom. The number of carbonyl (C=O) groups is 1. The second-order valence-electron chi connectivity index (χ2n) is 2.89. The van der Waals surface area contributed by atoms with Gasteiger partial charge in [0.05, 0.1) is 5.52 Å². The summed E-state index contributed by atoms with van der Waals surface area (Å²) in [6.07, 6.45) is 1.85. The van der Waals surface area contributed by atoms with E-state index in [-0.39, 0.29) is 5.91 Å². The summed E-state index contributed by atoms with van der Waals surface area (Å²) in [6, 6.07) is 10.0. The molecule has 0 aliphatic heterocycles. The van der Waals surface area contributed by atoms with Crippen molar-refractivity contribution in [3.8, 4) is 0 Å². The quantitative estimate of drug-likeness (QED) is 0.606. The van der Waals surface area contributed by atoms with Gasteiger partial charge in [-0.05, 0) is 12.1 Å². The summed E-state index contributed by atoms with van der Waals surface area (Å²) in [5.41, 5.74) is 5.54. The summed E-state index contributed by atoms with van der Waals surface area (Å²) in [6.45, 7) is 1.31. The third-order valence-corrected chi connectivity index (χ3v) is 1.63. The van der Waals surface area contributed by atoms with E-state index < -0.39 is 0 Å². The summed E-state index contributed by atoms with van der Waals surface area (Å²) < 4.78 is 1.62. The Kier molecular flexibility index (Phi) is 3.12. The zero-order valence-corrected chi connectivity index (χ0v) is 7.97. The molecule has 0 fully saturated rings. The van der Waals surface area contributed by atoms with Crippen LogP contribution in [-0.2, 0) is 4.79 Å². The van der Waals surface area contributed by atoms with Crippen LogP contribution in [0, 0.1) is 0 Å². The Balaban J connectivity index is 0.000000213. The van der Waals surface area contributed by atoms with E-state index in [4.69, 9.17) is 5.84 Å². The van der Waals surface area contributed by atoms with Crippen molar-refractivity contribution in [3.63, 3.8) is 0 Å². The molecule has 4 N–H and O–H groups in total. The van der Waals surface area contributed by atoms with Gasteiger partial charge in [0.25, 0.3) is 0 Å². The molecule has 1 aromatic heterocycles. The number of benzene rings is 1. The van der Waals surface area contributed by atoms with E-state index in [0.29, 0.717) is 0 Å². The number of nitrogens with two attached hydrogens (primary N) is 2. The van der Waals surface area contributed by atoms with Crippen LogP contribution >= 0.6 is 0 Å². The molecule has 4 heteroatoms. The van der Waals surface area contributed by atoms with Crippen LogP contribution in [0.15, 0.2) is 36.5 Å². The largest absolute Gasteiger partial charge is 0.370 e. The number of para-hydroxylation sites is 1. The van der Waals surface area contributed by atoms with Crippen molar-refractivity contribution in [2.45, 2.75) is 6.92 Å². The zero-order valence-electron chi connectivity index (χ0n) is 7.97.